The molecule has 0 radical (unpaired) electrons. The van der Waals surface area contributed by atoms with Gasteiger partial charge in [0.05, 0.1) is 18.5 Å². The van der Waals surface area contributed by atoms with Gasteiger partial charge in [-0.2, -0.15) is 0 Å². The van der Waals surface area contributed by atoms with Crippen molar-refractivity contribution in [3.63, 3.8) is 0 Å². The Balaban J connectivity index is 0.00000243. The summed E-state index contributed by atoms with van der Waals surface area (Å²) in [6.07, 6.45) is 0. The van der Waals surface area contributed by atoms with E-state index in [0.29, 0.717) is 23.3 Å². The molecule has 0 bridgehead atoms. The molecule has 26 heavy (non-hydrogen) atoms. The molecular weight excluding hydrogens is 350 g/mol. The highest BCUT2D eigenvalue weighted by Crippen LogP contribution is 2.24. The molecule has 0 spiro atoms. The van der Waals surface area contributed by atoms with Crippen molar-refractivity contribution in [3.05, 3.63) is 64.8 Å². The van der Waals surface area contributed by atoms with Gasteiger partial charge >= 0.3 is 0 Å². The lowest BCUT2D eigenvalue weighted by Gasteiger charge is -2.15. The van der Waals surface area contributed by atoms with Crippen LogP contribution in [0.3, 0.4) is 0 Å². The van der Waals surface area contributed by atoms with E-state index in [1.807, 2.05) is 42.5 Å². The van der Waals surface area contributed by atoms with Crippen molar-refractivity contribution in [1.29, 1.82) is 0 Å². The Hall–Kier alpha value is -2.30. The molecule has 0 aliphatic heterocycles. The maximum absolute atomic E-state index is 12.2. The second-order valence-electron chi connectivity index (χ2n) is 6.05. The van der Waals surface area contributed by atoms with Crippen molar-refractivity contribution in [2.45, 2.75) is 13.8 Å². The van der Waals surface area contributed by atoms with E-state index < -0.39 is 0 Å². The average molecular weight is 374 g/mol. The summed E-state index contributed by atoms with van der Waals surface area (Å²) in [6.45, 7) is 8.28. The number of nitrogens with one attached hydrogen (secondary N) is 1. The summed E-state index contributed by atoms with van der Waals surface area (Å²) in [5.74, 6) is 1.40. The van der Waals surface area contributed by atoms with Crippen LogP contribution in [0.1, 0.15) is 13.8 Å². The first-order chi connectivity index (χ1) is 12.2. The first kappa shape index (κ1) is 20.0. The lowest BCUT2D eigenvalue weighted by Crippen LogP contribution is -3.12. The van der Waals surface area contributed by atoms with E-state index in [1.165, 1.54) is 4.90 Å². The minimum Gasteiger partial charge on any atom is -1.00 e. The standard InChI is InChI=1S/C21H23NO3.ClH/c1-3-22(4-2)13-14-24-17-11-9-16(10-12-17)21-15-19(23)18-7-5-6-8-20(18)25-21;/h5-12,15H,3-4,13-14H2,1-2H3;1H. The normalized spacial score (nSPS) is 10.7. The molecule has 4 nitrogen and oxygen atoms in total. The van der Waals surface area contributed by atoms with Crippen LogP contribution in [-0.4, -0.2) is 26.2 Å². The molecule has 1 heterocycles. The predicted octanol–water partition coefficient (Wildman–Crippen LogP) is -0.232. The molecule has 3 rings (SSSR count). The lowest BCUT2D eigenvalue weighted by molar-refractivity contribution is -0.896. The van der Waals surface area contributed by atoms with Crippen LogP contribution in [0.25, 0.3) is 22.3 Å². The monoisotopic (exact) mass is 373 g/mol. The van der Waals surface area contributed by atoms with Crippen molar-refractivity contribution < 1.29 is 26.5 Å². The number of quaternary nitrogens is 1. The number of fused-ring (bicyclic) bond motifs is 1. The molecule has 0 aliphatic rings. The van der Waals surface area contributed by atoms with Crippen LogP contribution in [0.15, 0.2) is 63.8 Å². The van der Waals surface area contributed by atoms with Crippen LogP contribution in [-0.2, 0) is 0 Å². The Morgan fingerprint density at radius 3 is 2.38 bits per heavy atom. The number of para-hydroxylation sites is 1. The third-order valence-corrected chi connectivity index (χ3v) is 4.50. The van der Waals surface area contributed by atoms with Gasteiger partial charge < -0.3 is 26.5 Å². The van der Waals surface area contributed by atoms with Gasteiger partial charge in [-0.3, -0.25) is 4.79 Å². The van der Waals surface area contributed by atoms with Gasteiger partial charge in [-0.05, 0) is 50.2 Å². The SMILES string of the molecule is CC[NH+](CC)CCOc1ccc(-c2cc(=O)c3ccccc3o2)cc1.[Cl-]. The average Bonchev–Trinajstić information content (AvgIpc) is 2.66. The van der Waals surface area contributed by atoms with Gasteiger partial charge in [0.15, 0.2) is 5.43 Å². The summed E-state index contributed by atoms with van der Waals surface area (Å²) >= 11 is 0. The van der Waals surface area contributed by atoms with Crippen LogP contribution in [0.2, 0.25) is 0 Å². The number of ether oxygens (including phenoxy) is 1. The molecule has 0 saturated carbocycles. The molecule has 5 heteroatoms. The number of hydrogen-bond donors (Lipinski definition) is 1. The largest absolute Gasteiger partial charge is 1.00 e. The van der Waals surface area contributed by atoms with Crippen LogP contribution in [0.4, 0.5) is 0 Å². The summed E-state index contributed by atoms with van der Waals surface area (Å²) in [4.78, 5) is 13.7. The number of benzene rings is 2. The molecule has 0 atom stereocenters. The van der Waals surface area contributed by atoms with E-state index >= 15 is 0 Å². The Morgan fingerprint density at radius 1 is 1.00 bits per heavy atom. The third-order valence-electron chi connectivity index (χ3n) is 4.50. The highest BCUT2D eigenvalue weighted by atomic mass is 35.5. The van der Waals surface area contributed by atoms with Crippen LogP contribution in [0.5, 0.6) is 5.75 Å². The molecule has 0 unspecified atom stereocenters. The van der Waals surface area contributed by atoms with Gasteiger partial charge in [-0.15, -0.1) is 0 Å². The number of halogens is 1. The lowest BCUT2D eigenvalue weighted by atomic mass is 10.1. The van der Waals surface area contributed by atoms with Gasteiger partial charge in [-0.1, -0.05) is 12.1 Å². The molecule has 0 fully saturated rings. The molecular formula is C21H24ClNO3. The first-order valence-corrected chi connectivity index (χ1v) is 8.81. The number of likely N-dealkylation sites (N-methyl/N-ethyl adjacent to an activating group) is 1. The van der Waals surface area contributed by atoms with Gasteiger partial charge in [-0.25, -0.2) is 0 Å². The zero-order valence-corrected chi connectivity index (χ0v) is 15.9. The summed E-state index contributed by atoms with van der Waals surface area (Å²) in [5.41, 5.74) is 1.44. The quantitative estimate of drug-likeness (QED) is 0.622. The second kappa shape index (κ2) is 9.41. The Morgan fingerprint density at radius 2 is 1.69 bits per heavy atom. The predicted molar refractivity (Wildman–Crippen MR) is 100 cm³/mol. The van der Waals surface area contributed by atoms with E-state index in [9.17, 15) is 4.79 Å². The zero-order chi connectivity index (χ0) is 17.6. The maximum Gasteiger partial charge on any atom is 0.193 e. The molecule has 1 aromatic heterocycles. The Labute approximate surface area is 159 Å². The summed E-state index contributed by atoms with van der Waals surface area (Å²) in [6, 6.07) is 16.5. The Bertz CT molecular complexity index is 886. The molecule has 138 valence electrons. The van der Waals surface area contributed by atoms with Crippen LogP contribution < -0.4 is 27.5 Å². The fourth-order valence-corrected chi connectivity index (χ4v) is 2.88. The summed E-state index contributed by atoms with van der Waals surface area (Å²) < 4.78 is 11.7. The highest BCUT2D eigenvalue weighted by Gasteiger charge is 2.07. The van der Waals surface area contributed by atoms with Gasteiger partial charge in [0.25, 0.3) is 0 Å². The molecule has 0 aliphatic carbocycles. The van der Waals surface area contributed by atoms with Crippen LogP contribution in [0, 0.1) is 0 Å². The minimum absolute atomic E-state index is 0. The smallest absolute Gasteiger partial charge is 0.193 e. The topological polar surface area (TPSA) is 43.9 Å². The molecule has 3 aromatic rings. The first-order valence-electron chi connectivity index (χ1n) is 8.81. The molecule has 0 amide bonds. The van der Waals surface area contributed by atoms with Crippen molar-refractivity contribution in [2.24, 2.45) is 0 Å². The van der Waals surface area contributed by atoms with E-state index in [0.717, 1.165) is 30.9 Å². The molecule has 2 aromatic carbocycles. The van der Waals surface area contributed by atoms with Gasteiger partial charge in [0.2, 0.25) is 0 Å². The molecule has 1 N–H and O–H groups in total. The zero-order valence-electron chi connectivity index (χ0n) is 15.1. The maximum atomic E-state index is 12.2. The van der Waals surface area contributed by atoms with E-state index in [4.69, 9.17) is 9.15 Å². The van der Waals surface area contributed by atoms with Crippen molar-refractivity contribution >= 4 is 11.0 Å². The highest BCUT2D eigenvalue weighted by molar-refractivity contribution is 5.78. The fraction of sp³-hybridized carbons (Fsp3) is 0.286. The van der Waals surface area contributed by atoms with E-state index in [-0.39, 0.29) is 17.8 Å². The minimum atomic E-state index is -0.0284. The number of hydrogen-bond acceptors (Lipinski definition) is 3. The second-order valence-corrected chi connectivity index (χ2v) is 6.05. The fourth-order valence-electron chi connectivity index (χ4n) is 2.88. The van der Waals surface area contributed by atoms with Crippen molar-refractivity contribution in [3.8, 4) is 17.1 Å². The van der Waals surface area contributed by atoms with Crippen LogP contribution >= 0.6 is 0 Å². The van der Waals surface area contributed by atoms with Gasteiger partial charge in [0.1, 0.15) is 30.2 Å². The molecule has 0 saturated heterocycles. The summed E-state index contributed by atoms with van der Waals surface area (Å²) in [5, 5.41) is 0.602. The Kier molecular flexibility index (Phi) is 7.25. The third kappa shape index (κ3) is 4.65. The van der Waals surface area contributed by atoms with Gasteiger partial charge in [0, 0.05) is 11.6 Å². The number of rotatable bonds is 7. The van der Waals surface area contributed by atoms with E-state index in [1.54, 1.807) is 12.1 Å². The van der Waals surface area contributed by atoms with E-state index in [2.05, 4.69) is 13.8 Å². The van der Waals surface area contributed by atoms with Crippen molar-refractivity contribution in [2.75, 3.05) is 26.2 Å². The van der Waals surface area contributed by atoms with Crippen molar-refractivity contribution in [1.82, 2.24) is 0 Å². The summed E-state index contributed by atoms with van der Waals surface area (Å²) in [7, 11) is 0.